The smallest absolute Gasteiger partial charge is 0.326 e. The zero-order valence-corrected chi connectivity index (χ0v) is 11.7. The van der Waals surface area contributed by atoms with E-state index in [1.54, 1.807) is 24.3 Å². The maximum Gasteiger partial charge on any atom is 0.326 e. The van der Waals surface area contributed by atoms with Crippen LogP contribution in [0.1, 0.15) is 22.8 Å². The van der Waals surface area contributed by atoms with Gasteiger partial charge in [0.2, 0.25) is 0 Å². The van der Waals surface area contributed by atoms with Gasteiger partial charge < -0.3 is 10.4 Å². The lowest BCUT2D eigenvalue weighted by Gasteiger charge is -2.17. The summed E-state index contributed by atoms with van der Waals surface area (Å²) in [4.78, 5) is 23.0. The van der Waals surface area contributed by atoms with E-state index < -0.39 is 12.0 Å². The van der Waals surface area contributed by atoms with Crippen molar-refractivity contribution in [2.45, 2.75) is 19.4 Å². The molecule has 1 unspecified atom stereocenters. The van der Waals surface area contributed by atoms with E-state index >= 15 is 0 Å². The zero-order valence-electron chi connectivity index (χ0n) is 11.7. The van der Waals surface area contributed by atoms with E-state index in [1.165, 1.54) is 6.92 Å². The van der Waals surface area contributed by atoms with Crippen molar-refractivity contribution in [3.63, 3.8) is 0 Å². The van der Waals surface area contributed by atoms with Crippen LogP contribution < -0.4 is 5.32 Å². The van der Waals surface area contributed by atoms with Crippen molar-refractivity contribution < 1.29 is 14.7 Å². The zero-order chi connectivity index (χ0) is 15.2. The van der Waals surface area contributed by atoms with Crippen molar-refractivity contribution >= 4 is 17.4 Å². The van der Waals surface area contributed by atoms with Gasteiger partial charge in [0.25, 0.3) is 0 Å². The number of hydrogen-bond donors (Lipinski definition) is 2. The molecule has 0 aromatic heterocycles. The Morgan fingerprint density at radius 1 is 1.05 bits per heavy atom. The molecule has 0 saturated heterocycles. The van der Waals surface area contributed by atoms with Crippen LogP contribution in [0.3, 0.4) is 0 Å². The second kappa shape index (κ2) is 6.70. The minimum Gasteiger partial charge on any atom is -0.480 e. The number of anilines is 1. The van der Waals surface area contributed by atoms with Crippen LogP contribution >= 0.6 is 0 Å². The Balaban J connectivity index is 2.21. The Bertz CT molecular complexity index is 637. The number of carboxylic acids is 1. The van der Waals surface area contributed by atoms with Crippen molar-refractivity contribution in [3.05, 3.63) is 65.7 Å². The minimum absolute atomic E-state index is 0.0954. The molecule has 0 bridgehead atoms. The fourth-order valence-corrected chi connectivity index (χ4v) is 2.15. The summed E-state index contributed by atoms with van der Waals surface area (Å²) in [7, 11) is 0. The number of nitrogens with one attached hydrogen (secondary N) is 1. The summed E-state index contributed by atoms with van der Waals surface area (Å²) in [6.07, 6.45) is 0.350. The van der Waals surface area contributed by atoms with Crippen molar-refractivity contribution in [3.8, 4) is 0 Å². The van der Waals surface area contributed by atoms with Crippen LogP contribution in [0, 0.1) is 0 Å². The number of carboxylic acid groups (broad SMARTS) is 1. The molecule has 2 aromatic rings. The summed E-state index contributed by atoms with van der Waals surface area (Å²) in [5.74, 6) is -1.04. The predicted octanol–water partition coefficient (Wildman–Crippen LogP) is 3.00. The average Bonchev–Trinajstić information content (AvgIpc) is 2.48. The number of benzene rings is 2. The number of carbonyl (C=O) groups excluding carboxylic acids is 1. The van der Waals surface area contributed by atoms with Crippen LogP contribution in [0.5, 0.6) is 0 Å². The maximum atomic E-state index is 11.6. The number of aliphatic carboxylic acids is 1. The fourth-order valence-electron chi connectivity index (χ4n) is 2.15. The number of hydrogen-bond acceptors (Lipinski definition) is 3. The fraction of sp³-hybridized carbons (Fsp3) is 0.176. The Morgan fingerprint density at radius 3 is 2.29 bits per heavy atom. The van der Waals surface area contributed by atoms with Gasteiger partial charge in [-0.25, -0.2) is 4.79 Å². The standard InChI is InChI=1S/C17H17NO3/c1-12(19)14-9-5-6-10-15(14)18-16(17(20)21)11-13-7-3-2-4-8-13/h2-10,16,18H,11H2,1H3,(H,20,21). The van der Waals surface area contributed by atoms with Crippen molar-refractivity contribution in [1.82, 2.24) is 0 Å². The molecular weight excluding hydrogens is 266 g/mol. The monoisotopic (exact) mass is 283 g/mol. The lowest BCUT2D eigenvalue weighted by atomic mass is 10.0. The van der Waals surface area contributed by atoms with Crippen LogP contribution in [0.25, 0.3) is 0 Å². The lowest BCUT2D eigenvalue weighted by molar-refractivity contribution is -0.137. The molecule has 0 spiro atoms. The first kappa shape index (κ1) is 14.8. The molecule has 0 aliphatic rings. The van der Waals surface area contributed by atoms with Gasteiger partial charge in [-0.3, -0.25) is 4.79 Å². The predicted molar refractivity (Wildman–Crippen MR) is 81.6 cm³/mol. The van der Waals surface area contributed by atoms with Gasteiger partial charge in [0.1, 0.15) is 6.04 Å². The molecule has 2 N–H and O–H groups in total. The first-order valence-corrected chi connectivity index (χ1v) is 6.71. The molecule has 2 aromatic carbocycles. The molecule has 21 heavy (non-hydrogen) atoms. The lowest BCUT2D eigenvalue weighted by Crippen LogP contribution is -2.32. The van der Waals surface area contributed by atoms with Crippen LogP contribution in [0.15, 0.2) is 54.6 Å². The van der Waals surface area contributed by atoms with Crippen LogP contribution in [0.4, 0.5) is 5.69 Å². The first-order chi connectivity index (χ1) is 10.1. The molecule has 4 heteroatoms. The normalized spacial score (nSPS) is 11.7. The molecule has 1 atom stereocenters. The van der Waals surface area contributed by atoms with E-state index in [9.17, 15) is 14.7 Å². The minimum atomic E-state index is -0.947. The van der Waals surface area contributed by atoms with E-state index in [1.807, 2.05) is 30.3 Å². The molecule has 0 amide bonds. The van der Waals surface area contributed by atoms with Crippen LogP contribution in [0.2, 0.25) is 0 Å². The maximum absolute atomic E-state index is 11.6. The molecular formula is C17H17NO3. The van der Waals surface area contributed by atoms with E-state index in [4.69, 9.17) is 0 Å². The second-order valence-electron chi connectivity index (χ2n) is 4.83. The van der Waals surface area contributed by atoms with E-state index in [0.29, 0.717) is 17.7 Å². The molecule has 2 rings (SSSR count). The van der Waals surface area contributed by atoms with E-state index in [2.05, 4.69) is 5.32 Å². The topological polar surface area (TPSA) is 66.4 Å². The molecule has 0 heterocycles. The highest BCUT2D eigenvalue weighted by Crippen LogP contribution is 2.18. The largest absolute Gasteiger partial charge is 0.480 e. The van der Waals surface area contributed by atoms with E-state index in [-0.39, 0.29) is 5.78 Å². The number of Topliss-reactive ketones (excluding diaryl/α,β-unsaturated/α-hetero) is 1. The third kappa shape index (κ3) is 3.92. The van der Waals surface area contributed by atoms with E-state index in [0.717, 1.165) is 5.56 Å². The highest BCUT2D eigenvalue weighted by Gasteiger charge is 2.19. The Labute approximate surface area is 123 Å². The summed E-state index contributed by atoms with van der Waals surface area (Å²) in [6, 6.07) is 15.6. The Morgan fingerprint density at radius 2 is 1.67 bits per heavy atom. The van der Waals surface area contributed by atoms with Crippen LogP contribution in [-0.4, -0.2) is 22.9 Å². The SMILES string of the molecule is CC(=O)c1ccccc1NC(Cc1ccccc1)C(=O)O. The highest BCUT2D eigenvalue weighted by atomic mass is 16.4. The summed E-state index contributed by atoms with van der Waals surface area (Å²) in [6.45, 7) is 1.47. The van der Waals surface area contributed by atoms with Crippen molar-refractivity contribution in [2.75, 3.05) is 5.32 Å². The van der Waals surface area contributed by atoms with Crippen molar-refractivity contribution in [2.24, 2.45) is 0 Å². The molecule has 108 valence electrons. The number of para-hydroxylation sites is 1. The molecule has 0 aliphatic heterocycles. The third-order valence-electron chi connectivity index (χ3n) is 3.22. The molecule has 4 nitrogen and oxygen atoms in total. The Hall–Kier alpha value is -2.62. The quantitative estimate of drug-likeness (QED) is 0.800. The second-order valence-corrected chi connectivity index (χ2v) is 4.83. The van der Waals surface area contributed by atoms with Gasteiger partial charge in [-0.1, -0.05) is 42.5 Å². The molecule has 0 saturated carbocycles. The molecule has 0 fully saturated rings. The highest BCUT2D eigenvalue weighted by molar-refractivity contribution is 6.00. The average molecular weight is 283 g/mol. The van der Waals surface area contributed by atoms with Gasteiger partial charge in [0.15, 0.2) is 5.78 Å². The van der Waals surface area contributed by atoms with Crippen LogP contribution in [-0.2, 0) is 11.2 Å². The number of carbonyl (C=O) groups is 2. The summed E-state index contributed by atoms with van der Waals surface area (Å²) in [5.41, 5.74) is 1.97. The summed E-state index contributed by atoms with van der Waals surface area (Å²) < 4.78 is 0. The van der Waals surface area contributed by atoms with Gasteiger partial charge in [0.05, 0.1) is 0 Å². The van der Waals surface area contributed by atoms with Crippen molar-refractivity contribution in [1.29, 1.82) is 0 Å². The first-order valence-electron chi connectivity index (χ1n) is 6.71. The molecule has 0 radical (unpaired) electrons. The van der Waals surface area contributed by atoms with Gasteiger partial charge in [-0.05, 0) is 24.6 Å². The van der Waals surface area contributed by atoms with Gasteiger partial charge >= 0.3 is 5.97 Å². The van der Waals surface area contributed by atoms with Gasteiger partial charge in [-0.15, -0.1) is 0 Å². The van der Waals surface area contributed by atoms with Gasteiger partial charge in [-0.2, -0.15) is 0 Å². The number of ketones is 1. The van der Waals surface area contributed by atoms with Gasteiger partial charge in [0, 0.05) is 17.7 Å². The third-order valence-corrected chi connectivity index (χ3v) is 3.22. The molecule has 0 aliphatic carbocycles. The Kier molecular flexibility index (Phi) is 4.72. The number of rotatable bonds is 6. The summed E-state index contributed by atoms with van der Waals surface area (Å²) in [5, 5.41) is 12.3. The summed E-state index contributed by atoms with van der Waals surface area (Å²) >= 11 is 0.